The van der Waals surface area contributed by atoms with Gasteiger partial charge in [-0.05, 0) is 80.4 Å². The maximum atomic E-state index is 13.9. The number of amides is 2. The molecule has 0 aliphatic carbocycles. The number of carbonyl (C=O) groups is 2. The van der Waals surface area contributed by atoms with E-state index in [1.807, 2.05) is 13.8 Å². The topological polar surface area (TPSA) is 86.8 Å². The molecule has 3 aromatic rings. The van der Waals surface area contributed by atoms with Crippen molar-refractivity contribution in [3.8, 4) is 0 Å². The van der Waals surface area contributed by atoms with Crippen LogP contribution in [0.5, 0.6) is 0 Å². The molecule has 0 heterocycles. The highest BCUT2D eigenvalue weighted by Crippen LogP contribution is 2.28. The third-order valence-electron chi connectivity index (χ3n) is 6.28. The van der Waals surface area contributed by atoms with E-state index in [-0.39, 0.29) is 39.1 Å². The number of hydrogen-bond donors (Lipinski definition) is 1. The third-order valence-corrected chi connectivity index (χ3v) is 9.30. The van der Waals surface area contributed by atoms with Crippen molar-refractivity contribution in [1.82, 2.24) is 10.2 Å². The summed E-state index contributed by atoms with van der Waals surface area (Å²) >= 11 is 24.4. The summed E-state index contributed by atoms with van der Waals surface area (Å²) in [5.41, 5.74) is 0.794. The highest BCUT2D eigenvalue weighted by Gasteiger charge is 2.33. The van der Waals surface area contributed by atoms with Crippen molar-refractivity contribution < 1.29 is 18.0 Å². The Kier molecular flexibility index (Phi) is 11.1. The van der Waals surface area contributed by atoms with Crippen molar-refractivity contribution >= 4 is 73.9 Å². The monoisotopic (exact) mass is 643 g/mol. The zero-order valence-electron chi connectivity index (χ0n) is 22.1. The van der Waals surface area contributed by atoms with Gasteiger partial charge in [0.05, 0.1) is 20.6 Å². The fourth-order valence-electron chi connectivity index (χ4n) is 3.78. The summed E-state index contributed by atoms with van der Waals surface area (Å²) in [6.45, 7) is 4.75. The van der Waals surface area contributed by atoms with E-state index in [0.717, 1.165) is 4.31 Å². The van der Waals surface area contributed by atoms with Gasteiger partial charge in [0.15, 0.2) is 0 Å². The van der Waals surface area contributed by atoms with Crippen LogP contribution in [-0.2, 0) is 26.2 Å². The average molecular weight is 645 g/mol. The largest absolute Gasteiger partial charge is 0.352 e. The molecule has 0 saturated carbocycles. The summed E-state index contributed by atoms with van der Waals surface area (Å²) in [5.74, 6) is -0.993. The van der Waals surface area contributed by atoms with Gasteiger partial charge in [0.1, 0.15) is 12.6 Å². The first-order valence-electron chi connectivity index (χ1n) is 12.4. The standard InChI is InChI=1S/C28H29Cl4N3O4S/c1-4-18(2)33-28(37)19(3)34(16-20-8-13-25(31)26(32)14-20)27(36)17-35(23-7-5-6-22(30)15-23)40(38,39)24-11-9-21(29)10-12-24/h5-15,18-19H,4,16-17H2,1-3H3,(H,33,37)/t18-,19-/m1/s1. The van der Waals surface area contributed by atoms with Gasteiger partial charge in [0.25, 0.3) is 10.0 Å². The number of nitrogens with one attached hydrogen (secondary N) is 1. The first kappa shape index (κ1) is 32.0. The fourth-order valence-corrected chi connectivity index (χ4v) is 5.81. The van der Waals surface area contributed by atoms with Crippen molar-refractivity contribution in [1.29, 1.82) is 0 Å². The normalized spacial score (nSPS) is 12.9. The van der Waals surface area contributed by atoms with E-state index in [9.17, 15) is 18.0 Å². The Labute approximate surface area is 255 Å². The minimum Gasteiger partial charge on any atom is -0.352 e. The van der Waals surface area contributed by atoms with E-state index < -0.39 is 28.5 Å². The maximum Gasteiger partial charge on any atom is 0.264 e. The summed E-state index contributed by atoms with van der Waals surface area (Å²) in [6, 6.07) is 15.6. The zero-order chi connectivity index (χ0) is 29.6. The van der Waals surface area contributed by atoms with Crippen LogP contribution in [0.25, 0.3) is 0 Å². The molecular formula is C28H29Cl4N3O4S. The number of hydrogen-bond acceptors (Lipinski definition) is 4. The Balaban J connectivity index is 2.04. The molecule has 3 rings (SSSR count). The van der Waals surface area contributed by atoms with Gasteiger partial charge in [-0.25, -0.2) is 8.42 Å². The second-order valence-corrected chi connectivity index (χ2v) is 12.8. The Morgan fingerprint density at radius 3 is 2.15 bits per heavy atom. The summed E-state index contributed by atoms with van der Waals surface area (Å²) in [4.78, 5) is 28.3. The van der Waals surface area contributed by atoms with Gasteiger partial charge in [0.2, 0.25) is 11.8 Å². The highest BCUT2D eigenvalue weighted by molar-refractivity contribution is 7.92. The van der Waals surface area contributed by atoms with E-state index in [2.05, 4.69) is 5.32 Å². The van der Waals surface area contributed by atoms with Gasteiger partial charge < -0.3 is 10.2 Å². The molecule has 2 atom stereocenters. The molecule has 40 heavy (non-hydrogen) atoms. The molecule has 3 aromatic carbocycles. The molecule has 0 fully saturated rings. The van der Waals surface area contributed by atoms with E-state index in [0.29, 0.717) is 22.0 Å². The fraction of sp³-hybridized carbons (Fsp3) is 0.286. The molecule has 12 heteroatoms. The molecule has 0 radical (unpaired) electrons. The van der Waals surface area contributed by atoms with Crippen LogP contribution >= 0.6 is 46.4 Å². The van der Waals surface area contributed by atoms with E-state index in [1.165, 1.54) is 41.3 Å². The first-order chi connectivity index (χ1) is 18.8. The van der Waals surface area contributed by atoms with Gasteiger partial charge in [-0.3, -0.25) is 13.9 Å². The van der Waals surface area contributed by atoms with Crippen molar-refractivity contribution in [3.63, 3.8) is 0 Å². The Bertz CT molecular complexity index is 1470. The van der Waals surface area contributed by atoms with Crippen LogP contribution in [0.3, 0.4) is 0 Å². The molecule has 0 bridgehead atoms. The van der Waals surface area contributed by atoms with Crippen molar-refractivity contribution in [2.45, 2.75) is 50.7 Å². The van der Waals surface area contributed by atoms with Gasteiger partial charge in [0, 0.05) is 22.6 Å². The number of benzene rings is 3. The number of rotatable bonds is 11. The summed E-state index contributed by atoms with van der Waals surface area (Å²) in [5, 5.41) is 4.16. The Morgan fingerprint density at radius 1 is 0.875 bits per heavy atom. The molecule has 214 valence electrons. The second-order valence-electron chi connectivity index (χ2n) is 9.21. The van der Waals surface area contributed by atoms with Crippen LogP contribution in [0.4, 0.5) is 5.69 Å². The lowest BCUT2D eigenvalue weighted by Gasteiger charge is -2.32. The quantitative estimate of drug-likeness (QED) is 0.248. The smallest absolute Gasteiger partial charge is 0.264 e. The molecule has 2 amide bonds. The molecule has 0 unspecified atom stereocenters. The van der Waals surface area contributed by atoms with Crippen LogP contribution in [0.15, 0.2) is 71.6 Å². The average Bonchev–Trinajstić information content (AvgIpc) is 2.91. The minimum atomic E-state index is -4.24. The SMILES string of the molecule is CC[C@@H](C)NC(=O)[C@@H](C)N(Cc1ccc(Cl)c(Cl)c1)C(=O)CN(c1cccc(Cl)c1)S(=O)(=O)c1ccc(Cl)cc1. The Hall–Kier alpha value is -2.49. The van der Waals surface area contributed by atoms with Crippen LogP contribution in [-0.4, -0.2) is 43.8 Å². The predicted octanol–water partition coefficient (Wildman–Crippen LogP) is 6.83. The summed E-state index contributed by atoms with van der Waals surface area (Å²) in [7, 11) is -4.24. The van der Waals surface area contributed by atoms with E-state index >= 15 is 0 Å². The molecule has 7 nitrogen and oxygen atoms in total. The molecule has 0 aliphatic heterocycles. The Morgan fingerprint density at radius 2 is 1.55 bits per heavy atom. The second kappa shape index (κ2) is 13.9. The number of halogens is 4. The zero-order valence-corrected chi connectivity index (χ0v) is 25.9. The van der Waals surface area contributed by atoms with E-state index in [4.69, 9.17) is 46.4 Å². The van der Waals surface area contributed by atoms with Gasteiger partial charge in [-0.2, -0.15) is 0 Å². The lowest BCUT2D eigenvalue weighted by atomic mass is 10.1. The highest BCUT2D eigenvalue weighted by atomic mass is 35.5. The molecule has 0 saturated heterocycles. The van der Waals surface area contributed by atoms with Crippen molar-refractivity contribution in [2.75, 3.05) is 10.8 Å². The lowest BCUT2D eigenvalue weighted by Crippen LogP contribution is -2.52. The van der Waals surface area contributed by atoms with Gasteiger partial charge in [-0.1, -0.05) is 65.5 Å². The summed E-state index contributed by atoms with van der Waals surface area (Å²) < 4.78 is 28.6. The lowest BCUT2D eigenvalue weighted by molar-refractivity contribution is -0.139. The van der Waals surface area contributed by atoms with Crippen LogP contribution < -0.4 is 9.62 Å². The van der Waals surface area contributed by atoms with Crippen LogP contribution in [0, 0.1) is 0 Å². The van der Waals surface area contributed by atoms with Gasteiger partial charge >= 0.3 is 0 Å². The first-order valence-corrected chi connectivity index (χ1v) is 15.4. The number of carbonyl (C=O) groups excluding carboxylic acids is 2. The summed E-state index contributed by atoms with van der Waals surface area (Å²) in [6.07, 6.45) is 0.696. The number of anilines is 1. The number of sulfonamides is 1. The molecule has 1 N–H and O–H groups in total. The molecule has 0 aliphatic rings. The van der Waals surface area contributed by atoms with Crippen molar-refractivity contribution in [2.24, 2.45) is 0 Å². The molecular weight excluding hydrogens is 616 g/mol. The number of nitrogens with zero attached hydrogens (tertiary/aromatic N) is 2. The maximum absolute atomic E-state index is 13.9. The predicted molar refractivity (Wildman–Crippen MR) is 162 cm³/mol. The minimum absolute atomic E-state index is 0.0187. The molecule has 0 aromatic heterocycles. The van der Waals surface area contributed by atoms with Crippen molar-refractivity contribution in [3.05, 3.63) is 92.4 Å². The van der Waals surface area contributed by atoms with Crippen LogP contribution in [0.2, 0.25) is 20.1 Å². The molecule has 0 spiro atoms. The third kappa shape index (κ3) is 8.04. The van der Waals surface area contributed by atoms with Gasteiger partial charge in [-0.15, -0.1) is 0 Å². The van der Waals surface area contributed by atoms with E-state index in [1.54, 1.807) is 37.3 Å². The van der Waals surface area contributed by atoms with Crippen LogP contribution in [0.1, 0.15) is 32.8 Å².